The Kier molecular flexibility index (Phi) is 3.91. The van der Waals surface area contributed by atoms with Gasteiger partial charge < -0.3 is 5.32 Å². The van der Waals surface area contributed by atoms with Crippen molar-refractivity contribution in [3.05, 3.63) is 71.3 Å². The fraction of sp³-hybridized carbons (Fsp3) is 0.478. The fourth-order valence-electron chi connectivity index (χ4n) is 4.89. The van der Waals surface area contributed by atoms with E-state index in [1.807, 2.05) is 0 Å². The molecule has 25 heavy (non-hydrogen) atoms. The molecule has 2 aromatic carbocycles. The Bertz CT molecular complexity index is 710. The molecule has 3 aliphatic rings. The number of nitrogens with one attached hydrogen (secondary N) is 1. The van der Waals surface area contributed by atoms with E-state index in [9.17, 15) is 0 Å². The molecule has 130 valence electrons. The summed E-state index contributed by atoms with van der Waals surface area (Å²) >= 11 is 0. The van der Waals surface area contributed by atoms with E-state index in [-0.39, 0.29) is 0 Å². The molecule has 0 amide bonds. The van der Waals surface area contributed by atoms with Gasteiger partial charge in [-0.25, -0.2) is 0 Å². The summed E-state index contributed by atoms with van der Waals surface area (Å²) in [6.07, 6.45) is 5.52. The molecule has 1 N–H and O–H groups in total. The van der Waals surface area contributed by atoms with E-state index in [1.165, 1.54) is 55.5 Å². The molecule has 2 aliphatic carbocycles. The van der Waals surface area contributed by atoms with Gasteiger partial charge in [-0.1, -0.05) is 61.0 Å². The Hall–Kier alpha value is -1.64. The summed E-state index contributed by atoms with van der Waals surface area (Å²) in [6.45, 7) is 4.76. The van der Waals surface area contributed by atoms with Gasteiger partial charge in [0.25, 0.3) is 0 Å². The molecule has 2 heteroatoms. The number of fused-ring (bicyclic) bond motifs is 1. The molecular formula is C23H28N2. The number of hydrogen-bond acceptors (Lipinski definition) is 2. The molecule has 2 saturated carbocycles. The first-order valence-electron chi connectivity index (χ1n) is 9.89. The van der Waals surface area contributed by atoms with E-state index in [1.54, 1.807) is 0 Å². The zero-order valence-corrected chi connectivity index (χ0v) is 15.0. The maximum absolute atomic E-state index is 3.92. The summed E-state index contributed by atoms with van der Waals surface area (Å²) in [5, 5.41) is 3.92. The van der Waals surface area contributed by atoms with Gasteiger partial charge in [-0.05, 0) is 41.4 Å². The average molecular weight is 332 g/mol. The number of rotatable bonds is 6. The third-order valence-electron chi connectivity index (χ3n) is 6.64. The second-order valence-corrected chi connectivity index (χ2v) is 8.51. The zero-order valence-electron chi connectivity index (χ0n) is 15.0. The summed E-state index contributed by atoms with van der Waals surface area (Å²) in [6, 6.07) is 20.7. The summed E-state index contributed by atoms with van der Waals surface area (Å²) in [7, 11) is 0. The topological polar surface area (TPSA) is 15.3 Å². The lowest BCUT2D eigenvalue weighted by atomic mass is 9.68. The van der Waals surface area contributed by atoms with Crippen molar-refractivity contribution < 1.29 is 0 Å². The van der Waals surface area contributed by atoms with Crippen molar-refractivity contribution in [1.82, 2.24) is 10.2 Å². The van der Waals surface area contributed by atoms with Gasteiger partial charge in [-0.3, -0.25) is 4.90 Å². The largest absolute Gasteiger partial charge is 0.313 e. The molecule has 2 unspecified atom stereocenters. The second-order valence-electron chi connectivity index (χ2n) is 8.51. The van der Waals surface area contributed by atoms with Crippen LogP contribution < -0.4 is 5.32 Å². The normalized spacial score (nSPS) is 26.9. The Morgan fingerprint density at radius 1 is 0.920 bits per heavy atom. The van der Waals surface area contributed by atoms with Gasteiger partial charge in [0.05, 0.1) is 0 Å². The number of hydrogen-bond donors (Lipinski definition) is 1. The SMILES string of the molecule is c1ccc(C2CC2NCC2(CN3Cc4ccccc4C3)CCC2)cc1. The highest BCUT2D eigenvalue weighted by Gasteiger charge is 2.43. The predicted octanol–water partition coefficient (Wildman–Crippen LogP) is 4.32. The van der Waals surface area contributed by atoms with E-state index < -0.39 is 0 Å². The molecule has 1 heterocycles. The van der Waals surface area contributed by atoms with Crippen LogP contribution in [-0.2, 0) is 13.1 Å². The molecule has 0 saturated heterocycles. The summed E-state index contributed by atoms with van der Waals surface area (Å²) in [5.74, 6) is 0.745. The molecule has 2 atom stereocenters. The van der Waals surface area contributed by atoms with Crippen LogP contribution in [0.15, 0.2) is 54.6 Å². The molecular weight excluding hydrogens is 304 g/mol. The monoisotopic (exact) mass is 332 g/mol. The fourth-order valence-corrected chi connectivity index (χ4v) is 4.89. The third-order valence-corrected chi connectivity index (χ3v) is 6.64. The minimum Gasteiger partial charge on any atom is -0.313 e. The van der Waals surface area contributed by atoms with Crippen LogP contribution in [0.4, 0.5) is 0 Å². The van der Waals surface area contributed by atoms with E-state index in [4.69, 9.17) is 0 Å². The van der Waals surface area contributed by atoms with Crippen molar-refractivity contribution in [2.75, 3.05) is 13.1 Å². The Morgan fingerprint density at radius 3 is 2.24 bits per heavy atom. The Balaban J connectivity index is 1.16. The van der Waals surface area contributed by atoms with Crippen molar-refractivity contribution in [3.63, 3.8) is 0 Å². The summed E-state index contributed by atoms with van der Waals surface area (Å²) in [4.78, 5) is 2.67. The van der Waals surface area contributed by atoms with Crippen molar-refractivity contribution >= 4 is 0 Å². The lowest BCUT2D eigenvalue weighted by Gasteiger charge is -2.44. The molecule has 2 fully saturated rings. The van der Waals surface area contributed by atoms with Crippen LogP contribution in [0, 0.1) is 5.41 Å². The molecule has 0 radical (unpaired) electrons. The maximum atomic E-state index is 3.92. The van der Waals surface area contributed by atoms with E-state index in [0.717, 1.165) is 19.0 Å². The first kappa shape index (κ1) is 15.6. The van der Waals surface area contributed by atoms with E-state index >= 15 is 0 Å². The lowest BCUT2D eigenvalue weighted by Crippen LogP contribution is -2.47. The van der Waals surface area contributed by atoms with Crippen molar-refractivity contribution in [3.8, 4) is 0 Å². The number of benzene rings is 2. The van der Waals surface area contributed by atoms with Crippen molar-refractivity contribution in [2.45, 2.75) is 50.7 Å². The Morgan fingerprint density at radius 2 is 1.60 bits per heavy atom. The van der Waals surface area contributed by atoms with Gasteiger partial charge in [-0.2, -0.15) is 0 Å². The van der Waals surface area contributed by atoms with Crippen LogP contribution in [-0.4, -0.2) is 24.0 Å². The van der Waals surface area contributed by atoms with Crippen molar-refractivity contribution in [2.24, 2.45) is 5.41 Å². The van der Waals surface area contributed by atoms with Gasteiger partial charge in [-0.15, -0.1) is 0 Å². The maximum Gasteiger partial charge on any atom is 0.0240 e. The van der Waals surface area contributed by atoms with Crippen molar-refractivity contribution in [1.29, 1.82) is 0 Å². The standard InChI is InChI=1S/C23H28N2/c1-2-7-18(8-3-1)21-13-22(21)24-16-23(11-6-12-23)17-25-14-19-9-4-5-10-20(19)15-25/h1-5,7-10,21-22,24H,6,11-17H2. The second kappa shape index (κ2) is 6.26. The molecule has 0 bridgehead atoms. The highest BCUT2D eigenvalue weighted by Crippen LogP contribution is 2.45. The summed E-state index contributed by atoms with van der Waals surface area (Å²) < 4.78 is 0. The number of nitrogens with zero attached hydrogens (tertiary/aromatic N) is 1. The molecule has 1 aliphatic heterocycles. The van der Waals surface area contributed by atoms with Crippen LogP contribution >= 0.6 is 0 Å². The van der Waals surface area contributed by atoms with Crippen LogP contribution in [0.3, 0.4) is 0 Å². The Labute approximate surface area is 151 Å². The third kappa shape index (κ3) is 3.14. The molecule has 2 nitrogen and oxygen atoms in total. The smallest absolute Gasteiger partial charge is 0.0240 e. The first-order chi connectivity index (χ1) is 12.3. The molecule has 2 aromatic rings. The lowest BCUT2D eigenvalue weighted by molar-refractivity contribution is 0.0637. The van der Waals surface area contributed by atoms with Gasteiger partial charge >= 0.3 is 0 Å². The minimum absolute atomic E-state index is 0.520. The van der Waals surface area contributed by atoms with Gasteiger partial charge in [0.15, 0.2) is 0 Å². The van der Waals surface area contributed by atoms with Gasteiger partial charge in [0.1, 0.15) is 0 Å². The van der Waals surface area contributed by atoms with Gasteiger partial charge in [0, 0.05) is 38.1 Å². The average Bonchev–Trinajstić information content (AvgIpc) is 3.28. The quantitative estimate of drug-likeness (QED) is 0.847. The van der Waals surface area contributed by atoms with E-state index in [0.29, 0.717) is 11.5 Å². The van der Waals surface area contributed by atoms with E-state index in [2.05, 4.69) is 64.8 Å². The highest BCUT2D eigenvalue weighted by molar-refractivity contribution is 5.30. The highest BCUT2D eigenvalue weighted by atomic mass is 15.2. The van der Waals surface area contributed by atoms with Crippen LogP contribution in [0.5, 0.6) is 0 Å². The van der Waals surface area contributed by atoms with Gasteiger partial charge in [0.2, 0.25) is 0 Å². The summed E-state index contributed by atoms with van der Waals surface area (Å²) in [5.41, 5.74) is 5.11. The van der Waals surface area contributed by atoms with Crippen LogP contribution in [0.1, 0.15) is 48.3 Å². The molecule has 0 spiro atoms. The first-order valence-corrected chi connectivity index (χ1v) is 9.89. The molecule has 0 aromatic heterocycles. The minimum atomic E-state index is 0.520. The van der Waals surface area contributed by atoms with Crippen LogP contribution in [0.25, 0.3) is 0 Å². The predicted molar refractivity (Wildman–Crippen MR) is 102 cm³/mol. The van der Waals surface area contributed by atoms with Crippen LogP contribution in [0.2, 0.25) is 0 Å². The molecule has 5 rings (SSSR count). The zero-order chi connectivity index (χ0) is 16.7.